The summed E-state index contributed by atoms with van der Waals surface area (Å²) >= 11 is 1.61. The Bertz CT molecular complexity index is 1190. The van der Waals surface area contributed by atoms with Crippen molar-refractivity contribution in [1.29, 1.82) is 0 Å². The molecule has 1 unspecified atom stereocenters. The minimum Gasteiger partial charge on any atom is -0.494 e. The highest BCUT2D eigenvalue weighted by atomic mass is 32.2. The molecule has 0 bridgehead atoms. The maximum Gasteiger partial charge on any atom is 0.255 e. The number of allylic oxidation sites excluding steroid dienone is 1. The molecule has 2 N–H and O–H groups in total. The summed E-state index contributed by atoms with van der Waals surface area (Å²) < 4.78 is 7.54. The number of amides is 1. The molecule has 1 atom stereocenters. The second-order valence-electron chi connectivity index (χ2n) is 7.91. The monoisotopic (exact) mass is 463 g/mol. The van der Waals surface area contributed by atoms with Crippen LogP contribution in [0.5, 0.6) is 5.75 Å². The van der Waals surface area contributed by atoms with Crippen molar-refractivity contribution in [2.75, 3.05) is 23.0 Å². The summed E-state index contributed by atoms with van der Waals surface area (Å²) in [4.78, 5) is 18.2. The number of thioether (sulfide) groups is 1. The summed E-state index contributed by atoms with van der Waals surface area (Å²) in [5.41, 5.74) is 4.09. The third-order valence-corrected chi connectivity index (χ3v) is 6.32. The molecule has 33 heavy (non-hydrogen) atoms. The van der Waals surface area contributed by atoms with Crippen molar-refractivity contribution in [2.45, 2.75) is 45.3 Å². The van der Waals surface area contributed by atoms with E-state index in [1.165, 1.54) is 0 Å². The zero-order valence-corrected chi connectivity index (χ0v) is 20.2. The number of nitrogens with zero attached hydrogens (tertiary/aromatic N) is 3. The highest BCUT2D eigenvalue weighted by Crippen LogP contribution is 2.37. The van der Waals surface area contributed by atoms with Gasteiger partial charge in [-0.05, 0) is 62.6 Å². The number of aryl methyl sites for hydroxylation is 1. The Morgan fingerprint density at radius 1 is 1.18 bits per heavy atom. The highest BCUT2D eigenvalue weighted by Gasteiger charge is 2.34. The van der Waals surface area contributed by atoms with Crippen molar-refractivity contribution in [3.63, 3.8) is 0 Å². The van der Waals surface area contributed by atoms with Gasteiger partial charge in [-0.25, -0.2) is 4.68 Å². The van der Waals surface area contributed by atoms with Gasteiger partial charge in [-0.15, -0.1) is 5.10 Å². The van der Waals surface area contributed by atoms with Gasteiger partial charge in [0, 0.05) is 17.1 Å². The fourth-order valence-electron chi connectivity index (χ4n) is 3.85. The van der Waals surface area contributed by atoms with Gasteiger partial charge in [0.15, 0.2) is 0 Å². The molecule has 1 aromatic heterocycles. The molecule has 0 spiro atoms. The summed E-state index contributed by atoms with van der Waals surface area (Å²) in [7, 11) is 0. The van der Waals surface area contributed by atoms with Gasteiger partial charge in [-0.2, -0.15) is 4.98 Å². The lowest BCUT2D eigenvalue weighted by molar-refractivity contribution is -0.113. The van der Waals surface area contributed by atoms with Crippen molar-refractivity contribution in [3.8, 4) is 5.75 Å². The van der Waals surface area contributed by atoms with Gasteiger partial charge in [0.1, 0.15) is 11.8 Å². The van der Waals surface area contributed by atoms with E-state index in [0.717, 1.165) is 40.4 Å². The Morgan fingerprint density at radius 3 is 2.76 bits per heavy atom. The standard InChI is InChI=1S/C25H29N5O2S/c1-5-13-33-25-28-24-26-17(4)21(23(31)27-19-11-7-9-16(3)14-19)22(30(24)29-25)18-10-8-12-20(15-18)32-6-2/h7-12,14-15,22H,5-6,13H2,1-4H3,(H,27,31)(H,26,28,29). The number of benzene rings is 2. The largest absolute Gasteiger partial charge is 0.494 e. The second-order valence-corrected chi connectivity index (χ2v) is 8.97. The molecular weight excluding hydrogens is 434 g/mol. The third kappa shape index (κ3) is 5.06. The number of carbonyl (C=O) groups excluding carboxylic acids is 1. The summed E-state index contributed by atoms with van der Waals surface area (Å²) in [5.74, 6) is 2.14. The number of rotatable bonds is 8. The molecule has 0 fully saturated rings. The summed E-state index contributed by atoms with van der Waals surface area (Å²) in [6.45, 7) is 8.55. The van der Waals surface area contributed by atoms with Crippen LogP contribution in [0.1, 0.15) is 44.4 Å². The minimum absolute atomic E-state index is 0.179. The molecule has 1 amide bonds. The van der Waals surface area contributed by atoms with E-state index in [1.807, 2.05) is 69.3 Å². The van der Waals surface area contributed by atoms with Crippen molar-refractivity contribution >= 4 is 29.3 Å². The fraction of sp³-hybridized carbons (Fsp3) is 0.320. The predicted octanol–water partition coefficient (Wildman–Crippen LogP) is 5.41. The van der Waals surface area contributed by atoms with E-state index in [0.29, 0.717) is 23.3 Å². The lowest BCUT2D eigenvalue weighted by Gasteiger charge is -2.29. The first-order valence-corrected chi connectivity index (χ1v) is 12.2. The van der Waals surface area contributed by atoms with E-state index in [1.54, 1.807) is 16.4 Å². The number of anilines is 2. The predicted molar refractivity (Wildman–Crippen MR) is 133 cm³/mol. The average Bonchev–Trinajstić information content (AvgIpc) is 3.19. The molecule has 1 aliphatic heterocycles. The number of ether oxygens (including phenoxy) is 1. The quantitative estimate of drug-likeness (QED) is 0.435. The molecule has 8 heteroatoms. The van der Waals surface area contributed by atoms with Crippen molar-refractivity contribution in [3.05, 3.63) is 70.9 Å². The number of nitrogens with one attached hydrogen (secondary N) is 2. The number of carbonyl (C=O) groups is 1. The van der Waals surface area contributed by atoms with E-state index < -0.39 is 6.04 Å². The fourth-order valence-corrected chi connectivity index (χ4v) is 4.53. The summed E-state index contributed by atoms with van der Waals surface area (Å²) in [6, 6.07) is 15.2. The summed E-state index contributed by atoms with van der Waals surface area (Å²) in [5, 5.41) is 11.8. The molecule has 7 nitrogen and oxygen atoms in total. The van der Waals surface area contributed by atoms with Gasteiger partial charge in [0.05, 0.1) is 12.2 Å². The van der Waals surface area contributed by atoms with Crippen LogP contribution < -0.4 is 15.4 Å². The van der Waals surface area contributed by atoms with Gasteiger partial charge >= 0.3 is 0 Å². The molecule has 3 aromatic rings. The Labute approximate surface area is 198 Å². The van der Waals surface area contributed by atoms with Crippen LogP contribution in [-0.2, 0) is 4.79 Å². The lowest BCUT2D eigenvalue weighted by atomic mass is 9.94. The molecule has 4 rings (SSSR count). The number of aromatic nitrogens is 3. The first kappa shape index (κ1) is 22.9. The van der Waals surface area contributed by atoms with E-state index >= 15 is 0 Å². The van der Waals surface area contributed by atoms with Gasteiger partial charge in [0.2, 0.25) is 11.1 Å². The Balaban J connectivity index is 1.77. The zero-order chi connectivity index (χ0) is 23.4. The lowest BCUT2D eigenvalue weighted by Crippen LogP contribution is -2.31. The van der Waals surface area contributed by atoms with Crippen LogP contribution in [0.25, 0.3) is 0 Å². The SMILES string of the molecule is CCCSc1nc2n(n1)C(c1cccc(OCC)c1)C(C(=O)Nc1cccc(C)c1)=C(C)N2. The molecular formula is C25H29N5O2S. The molecule has 0 aliphatic carbocycles. The van der Waals surface area contributed by atoms with Gasteiger partial charge in [0.25, 0.3) is 5.91 Å². The van der Waals surface area contributed by atoms with Crippen LogP contribution in [0.3, 0.4) is 0 Å². The van der Waals surface area contributed by atoms with Crippen LogP contribution in [0.15, 0.2) is 65.0 Å². The molecule has 172 valence electrons. The molecule has 1 aliphatic rings. The van der Waals surface area contributed by atoms with Gasteiger partial charge in [-0.3, -0.25) is 4.79 Å². The van der Waals surface area contributed by atoms with Crippen molar-refractivity contribution in [2.24, 2.45) is 0 Å². The molecule has 2 aromatic carbocycles. The van der Waals surface area contributed by atoms with E-state index in [2.05, 4.69) is 22.5 Å². The molecule has 0 saturated heterocycles. The second kappa shape index (κ2) is 10.1. The first-order valence-electron chi connectivity index (χ1n) is 11.2. The topological polar surface area (TPSA) is 81.1 Å². The third-order valence-electron chi connectivity index (χ3n) is 5.27. The van der Waals surface area contributed by atoms with Crippen LogP contribution in [0, 0.1) is 6.92 Å². The van der Waals surface area contributed by atoms with E-state index in [4.69, 9.17) is 9.84 Å². The summed E-state index contributed by atoms with van der Waals surface area (Å²) in [6.07, 6.45) is 1.03. The Morgan fingerprint density at radius 2 is 2.00 bits per heavy atom. The van der Waals surface area contributed by atoms with Gasteiger partial charge in [-0.1, -0.05) is 43.0 Å². The average molecular weight is 464 g/mol. The van der Waals surface area contributed by atoms with Crippen molar-refractivity contribution < 1.29 is 9.53 Å². The maximum absolute atomic E-state index is 13.6. The Hall–Kier alpha value is -3.26. The number of hydrogen-bond acceptors (Lipinski definition) is 6. The minimum atomic E-state index is -0.435. The van der Waals surface area contributed by atoms with Gasteiger partial charge < -0.3 is 15.4 Å². The van der Waals surface area contributed by atoms with Crippen LogP contribution >= 0.6 is 11.8 Å². The maximum atomic E-state index is 13.6. The zero-order valence-electron chi connectivity index (χ0n) is 19.4. The Kier molecular flexibility index (Phi) is 7.03. The highest BCUT2D eigenvalue weighted by molar-refractivity contribution is 7.99. The molecule has 0 radical (unpaired) electrons. The van der Waals surface area contributed by atoms with Crippen LogP contribution in [0.2, 0.25) is 0 Å². The van der Waals surface area contributed by atoms with E-state index in [9.17, 15) is 4.79 Å². The number of hydrogen-bond donors (Lipinski definition) is 2. The molecule has 2 heterocycles. The first-order chi connectivity index (χ1) is 16.0. The van der Waals surface area contributed by atoms with Crippen molar-refractivity contribution in [1.82, 2.24) is 14.8 Å². The van der Waals surface area contributed by atoms with E-state index in [-0.39, 0.29) is 5.91 Å². The van der Waals surface area contributed by atoms with Crippen LogP contribution in [-0.4, -0.2) is 33.0 Å². The normalized spacial score (nSPS) is 15.1. The molecule has 0 saturated carbocycles. The number of fused-ring (bicyclic) bond motifs is 1. The van der Waals surface area contributed by atoms with Crippen LogP contribution in [0.4, 0.5) is 11.6 Å². The smallest absolute Gasteiger partial charge is 0.255 e.